The molecule has 3 aromatic rings. The lowest BCUT2D eigenvalue weighted by Crippen LogP contribution is -2.49. The van der Waals surface area contributed by atoms with Crippen molar-refractivity contribution in [2.24, 2.45) is 0 Å². The molecule has 1 aromatic carbocycles. The van der Waals surface area contributed by atoms with Crippen molar-refractivity contribution >= 4 is 23.4 Å². The van der Waals surface area contributed by atoms with Crippen LogP contribution in [0.1, 0.15) is 11.6 Å². The molecule has 3 amide bonds. The molecule has 10 heteroatoms. The Hall–Kier alpha value is -3.92. The fraction of sp³-hybridized carbons (Fsp3) is 0.227. The van der Waals surface area contributed by atoms with Crippen molar-refractivity contribution in [3.63, 3.8) is 0 Å². The number of amides is 3. The van der Waals surface area contributed by atoms with Crippen molar-refractivity contribution < 1.29 is 23.5 Å². The summed E-state index contributed by atoms with van der Waals surface area (Å²) < 4.78 is 26.8. The Morgan fingerprint density at radius 3 is 2.75 bits per heavy atom. The van der Waals surface area contributed by atoms with E-state index in [1.165, 1.54) is 31.4 Å². The lowest BCUT2D eigenvalue weighted by Gasteiger charge is -2.30. The maximum atomic E-state index is 14.8. The molecule has 1 atom stereocenters. The molecule has 0 radical (unpaired) electrons. The molecule has 166 valence electrons. The summed E-state index contributed by atoms with van der Waals surface area (Å²) in [5.41, 5.74) is 1.28. The van der Waals surface area contributed by atoms with Crippen LogP contribution in [0.15, 0.2) is 55.0 Å². The topological polar surface area (TPSA) is 97.7 Å². The van der Waals surface area contributed by atoms with Gasteiger partial charge in [0.15, 0.2) is 5.82 Å². The summed E-state index contributed by atoms with van der Waals surface area (Å²) in [4.78, 5) is 30.7. The van der Waals surface area contributed by atoms with Crippen LogP contribution >= 0.6 is 0 Å². The maximum Gasteiger partial charge on any atom is 0.324 e. The van der Waals surface area contributed by atoms with E-state index in [0.29, 0.717) is 22.7 Å². The van der Waals surface area contributed by atoms with Gasteiger partial charge in [-0.05, 0) is 29.8 Å². The van der Waals surface area contributed by atoms with Gasteiger partial charge in [0.1, 0.15) is 18.1 Å². The third kappa shape index (κ3) is 4.26. The minimum absolute atomic E-state index is 0.108. The molecule has 1 aliphatic rings. The van der Waals surface area contributed by atoms with E-state index in [4.69, 9.17) is 9.47 Å². The second-order valence-electron chi connectivity index (χ2n) is 7.14. The second-order valence-corrected chi connectivity index (χ2v) is 7.14. The quantitative estimate of drug-likeness (QED) is 0.616. The Morgan fingerprint density at radius 1 is 1.28 bits per heavy atom. The molecule has 0 saturated carbocycles. The first-order valence-electron chi connectivity index (χ1n) is 9.83. The van der Waals surface area contributed by atoms with Gasteiger partial charge in [-0.1, -0.05) is 6.07 Å². The minimum atomic E-state index is -0.646. The number of rotatable bonds is 6. The lowest BCUT2D eigenvalue weighted by molar-refractivity contribution is -0.115. The summed E-state index contributed by atoms with van der Waals surface area (Å²) in [5.74, 6) is -0.0753. The van der Waals surface area contributed by atoms with Gasteiger partial charge in [-0.25, -0.2) is 14.2 Å². The number of aromatic nitrogens is 2. The van der Waals surface area contributed by atoms with E-state index in [0.717, 1.165) is 0 Å². The molecule has 1 unspecified atom stereocenters. The Kier molecular flexibility index (Phi) is 6.04. The van der Waals surface area contributed by atoms with Crippen molar-refractivity contribution in [3.05, 3.63) is 66.4 Å². The zero-order valence-corrected chi connectivity index (χ0v) is 17.5. The van der Waals surface area contributed by atoms with Crippen LogP contribution in [0.5, 0.6) is 5.75 Å². The number of anilines is 2. The summed E-state index contributed by atoms with van der Waals surface area (Å²) in [7, 11) is 2.97. The van der Waals surface area contributed by atoms with E-state index < -0.39 is 17.9 Å². The largest absolute Gasteiger partial charge is 0.495 e. The van der Waals surface area contributed by atoms with Gasteiger partial charge in [0.05, 0.1) is 37.3 Å². The first kappa shape index (κ1) is 21.3. The Labute approximate surface area is 183 Å². The number of fused-ring (bicyclic) bond motifs is 1. The molecule has 4 rings (SSSR count). The zero-order valence-electron chi connectivity index (χ0n) is 17.5. The zero-order chi connectivity index (χ0) is 22.7. The molecule has 0 bridgehead atoms. The third-order valence-corrected chi connectivity index (χ3v) is 5.04. The fourth-order valence-corrected chi connectivity index (χ4v) is 3.49. The molecule has 0 saturated heterocycles. The van der Waals surface area contributed by atoms with Crippen molar-refractivity contribution in [1.29, 1.82) is 0 Å². The van der Waals surface area contributed by atoms with Crippen molar-refractivity contribution in [3.8, 4) is 11.4 Å². The average Bonchev–Trinajstić information content (AvgIpc) is 3.32. The van der Waals surface area contributed by atoms with Gasteiger partial charge in [-0.2, -0.15) is 0 Å². The molecule has 3 heterocycles. The number of methoxy groups -OCH3 is 2. The van der Waals surface area contributed by atoms with Crippen LogP contribution in [0.3, 0.4) is 0 Å². The Morgan fingerprint density at radius 2 is 2.06 bits per heavy atom. The predicted octanol–water partition coefficient (Wildman–Crippen LogP) is 2.88. The van der Waals surface area contributed by atoms with E-state index >= 15 is 0 Å². The second kappa shape index (κ2) is 9.06. The monoisotopic (exact) mass is 439 g/mol. The van der Waals surface area contributed by atoms with E-state index in [9.17, 15) is 14.0 Å². The van der Waals surface area contributed by atoms with Crippen LogP contribution in [-0.4, -0.2) is 48.9 Å². The van der Waals surface area contributed by atoms with Gasteiger partial charge in [-0.15, -0.1) is 0 Å². The standard InChI is InChI=1S/C22H22FN5O4/c1-31-13-18(14-5-6-19(16(23)9-14)27-7-3-4-8-27)26-22(30)28-12-20(29)25-17-10-15(32-2)11-24-21(17)28/h3-11,18H,12-13H2,1-2H3,(H,25,29)(H,26,30). The Balaban J connectivity index is 1.58. The number of pyridine rings is 1. The summed E-state index contributed by atoms with van der Waals surface area (Å²) in [6.07, 6.45) is 4.94. The maximum absolute atomic E-state index is 14.8. The Bertz CT molecular complexity index is 1140. The summed E-state index contributed by atoms with van der Waals surface area (Å²) in [5, 5.41) is 5.49. The van der Waals surface area contributed by atoms with Gasteiger partial charge >= 0.3 is 6.03 Å². The van der Waals surface area contributed by atoms with Crippen LogP contribution in [0.4, 0.5) is 20.7 Å². The van der Waals surface area contributed by atoms with Gasteiger partial charge in [0, 0.05) is 25.6 Å². The van der Waals surface area contributed by atoms with E-state index in [1.807, 2.05) is 0 Å². The van der Waals surface area contributed by atoms with Crippen LogP contribution in [-0.2, 0) is 9.53 Å². The highest BCUT2D eigenvalue weighted by Crippen LogP contribution is 2.31. The highest BCUT2D eigenvalue weighted by molar-refractivity contribution is 6.08. The molecule has 9 nitrogen and oxygen atoms in total. The molecule has 0 spiro atoms. The molecule has 2 aromatic heterocycles. The molecule has 2 N–H and O–H groups in total. The van der Waals surface area contributed by atoms with E-state index in [1.54, 1.807) is 47.3 Å². The van der Waals surface area contributed by atoms with Crippen molar-refractivity contribution in [2.75, 3.05) is 37.6 Å². The van der Waals surface area contributed by atoms with Crippen molar-refractivity contribution in [2.45, 2.75) is 6.04 Å². The number of benzene rings is 1. The van der Waals surface area contributed by atoms with Gasteiger partial charge in [-0.3, -0.25) is 9.69 Å². The lowest BCUT2D eigenvalue weighted by atomic mass is 10.1. The van der Waals surface area contributed by atoms with Crippen LogP contribution in [0.2, 0.25) is 0 Å². The first-order valence-corrected chi connectivity index (χ1v) is 9.83. The highest BCUT2D eigenvalue weighted by atomic mass is 19.1. The average molecular weight is 439 g/mol. The molecule has 32 heavy (non-hydrogen) atoms. The number of carbonyl (C=O) groups excluding carboxylic acids is 2. The number of nitrogens with zero attached hydrogens (tertiary/aromatic N) is 3. The van der Waals surface area contributed by atoms with Gasteiger partial charge in [0.2, 0.25) is 5.91 Å². The van der Waals surface area contributed by atoms with Crippen molar-refractivity contribution in [1.82, 2.24) is 14.9 Å². The first-order chi connectivity index (χ1) is 15.5. The number of ether oxygens (including phenoxy) is 2. The number of hydrogen-bond acceptors (Lipinski definition) is 5. The van der Waals surface area contributed by atoms with E-state index in [-0.39, 0.29) is 24.9 Å². The number of carbonyl (C=O) groups is 2. The molecular weight excluding hydrogens is 417 g/mol. The number of hydrogen-bond donors (Lipinski definition) is 2. The van der Waals surface area contributed by atoms with Crippen LogP contribution in [0, 0.1) is 5.82 Å². The smallest absolute Gasteiger partial charge is 0.324 e. The normalized spacial score (nSPS) is 13.8. The van der Waals surface area contributed by atoms with Gasteiger partial charge in [0.25, 0.3) is 0 Å². The SMILES string of the molecule is COCC(NC(=O)N1CC(=O)Nc2cc(OC)cnc21)c1ccc(-n2cccc2)c(F)c1. The molecule has 1 aliphatic heterocycles. The predicted molar refractivity (Wildman–Crippen MR) is 116 cm³/mol. The molecular formula is C22H22FN5O4. The van der Waals surface area contributed by atoms with Crippen LogP contribution < -0.4 is 20.3 Å². The van der Waals surface area contributed by atoms with E-state index in [2.05, 4.69) is 15.6 Å². The highest BCUT2D eigenvalue weighted by Gasteiger charge is 2.30. The third-order valence-electron chi connectivity index (χ3n) is 5.04. The van der Waals surface area contributed by atoms with Gasteiger partial charge < -0.3 is 24.7 Å². The van der Waals surface area contributed by atoms with Crippen LogP contribution in [0.25, 0.3) is 5.69 Å². The summed E-state index contributed by atoms with van der Waals surface area (Å²) in [6, 6.07) is 8.71. The molecule has 0 aliphatic carbocycles. The minimum Gasteiger partial charge on any atom is -0.495 e. The molecule has 0 fully saturated rings. The fourth-order valence-electron chi connectivity index (χ4n) is 3.49. The number of halogens is 1. The summed E-state index contributed by atoms with van der Waals surface area (Å²) in [6.45, 7) is -0.101. The summed E-state index contributed by atoms with van der Waals surface area (Å²) >= 11 is 0. The number of nitrogens with one attached hydrogen (secondary N) is 2. The number of urea groups is 1.